The van der Waals surface area contributed by atoms with E-state index in [0.717, 1.165) is 17.6 Å². The van der Waals surface area contributed by atoms with Crippen LogP contribution in [0.4, 0.5) is 0 Å². The lowest BCUT2D eigenvalue weighted by Gasteiger charge is -2.29. The quantitative estimate of drug-likeness (QED) is 0.327. The van der Waals surface area contributed by atoms with E-state index in [4.69, 9.17) is 4.74 Å². The maximum absolute atomic E-state index is 5.94. The number of halogens is 1. The van der Waals surface area contributed by atoms with E-state index in [-0.39, 0.29) is 24.0 Å². The summed E-state index contributed by atoms with van der Waals surface area (Å²) >= 11 is 0. The van der Waals surface area contributed by atoms with Crippen LogP contribution in [0.3, 0.4) is 0 Å². The average Bonchev–Trinajstić information content (AvgIpc) is 2.12. The van der Waals surface area contributed by atoms with Crippen molar-refractivity contribution in [2.75, 3.05) is 34.3 Å². The molecule has 0 N–H and O–H groups in total. The Labute approximate surface area is 119 Å². The fourth-order valence-corrected chi connectivity index (χ4v) is 1.66. The summed E-state index contributed by atoms with van der Waals surface area (Å²) in [7, 11) is 6.71. The van der Waals surface area contributed by atoms with E-state index in [1.807, 2.05) is 0 Å². The van der Waals surface area contributed by atoms with E-state index in [2.05, 4.69) is 35.0 Å². The molecule has 0 amide bonds. The Bertz CT molecular complexity index is 145. The van der Waals surface area contributed by atoms with Crippen LogP contribution in [0.1, 0.15) is 46.0 Å². The van der Waals surface area contributed by atoms with E-state index in [1.165, 1.54) is 32.1 Å². The van der Waals surface area contributed by atoms with E-state index < -0.39 is 0 Å². The van der Waals surface area contributed by atoms with Gasteiger partial charge in [-0.25, -0.2) is 0 Å². The standard InChI is InChI=1S/C13H30NO.HI/c1-6-8-10-13(12-14(3,4)5)15-11-9-7-2;/h13H,6-12H2,1-5H3;1H/q+1;/p-1. The van der Waals surface area contributed by atoms with Gasteiger partial charge in [-0.05, 0) is 12.8 Å². The summed E-state index contributed by atoms with van der Waals surface area (Å²) in [4.78, 5) is 0. The number of rotatable bonds is 9. The molecule has 2 nitrogen and oxygen atoms in total. The molecule has 0 heterocycles. The van der Waals surface area contributed by atoms with Crippen molar-refractivity contribution < 1.29 is 33.2 Å². The molecule has 0 aliphatic heterocycles. The van der Waals surface area contributed by atoms with Gasteiger partial charge in [-0.2, -0.15) is 0 Å². The molecule has 0 bridgehead atoms. The molecule has 0 aromatic rings. The Balaban J connectivity index is 0. The highest BCUT2D eigenvalue weighted by molar-refractivity contribution is 4.57. The fourth-order valence-electron chi connectivity index (χ4n) is 1.66. The average molecular weight is 343 g/mol. The minimum Gasteiger partial charge on any atom is -1.00 e. The van der Waals surface area contributed by atoms with Crippen molar-refractivity contribution in [1.82, 2.24) is 0 Å². The molecule has 0 fully saturated rings. The molecule has 0 radical (unpaired) electrons. The first kappa shape index (κ1) is 19.0. The third-order valence-electron chi connectivity index (χ3n) is 2.48. The van der Waals surface area contributed by atoms with Crippen molar-refractivity contribution in [2.45, 2.75) is 52.1 Å². The van der Waals surface area contributed by atoms with Crippen LogP contribution in [0.5, 0.6) is 0 Å². The number of likely N-dealkylation sites (N-methyl/N-ethyl adjacent to an activating group) is 1. The van der Waals surface area contributed by atoms with Crippen LogP contribution >= 0.6 is 0 Å². The van der Waals surface area contributed by atoms with E-state index in [9.17, 15) is 0 Å². The molecule has 1 atom stereocenters. The van der Waals surface area contributed by atoms with Crippen LogP contribution in [-0.2, 0) is 4.74 Å². The first-order valence-corrected chi connectivity index (χ1v) is 6.41. The number of quaternary nitrogens is 1. The van der Waals surface area contributed by atoms with E-state index in [0.29, 0.717) is 6.10 Å². The van der Waals surface area contributed by atoms with Crippen LogP contribution in [0.2, 0.25) is 0 Å². The van der Waals surface area contributed by atoms with E-state index in [1.54, 1.807) is 0 Å². The predicted molar refractivity (Wildman–Crippen MR) is 67.1 cm³/mol. The van der Waals surface area contributed by atoms with Gasteiger partial charge in [0.15, 0.2) is 0 Å². The maximum atomic E-state index is 5.94. The zero-order valence-corrected chi connectivity index (χ0v) is 13.9. The lowest BCUT2D eigenvalue weighted by molar-refractivity contribution is -0.873. The number of hydrogen-bond acceptors (Lipinski definition) is 1. The van der Waals surface area contributed by atoms with Crippen molar-refractivity contribution in [3.63, 3.8) is 0 Å². The largest absolute Gasteiger partial charge is 1.00 e. The molecule has 0 spiro atoms. The first-order chi connectivity index (χ1) is 6.99. The summed E-state index contributed by atoms with van der Waals surface area (Å²) in [6, 6.07) is 0. The van der Waals surface area contributed by atoms with Gasteiger partial charge in [-0.1, -0.05) is 33.1 Å². The summed E-state index contributed by atoms with van der Waals surface area (Å²) in [5.74, 6) is 0. The van der Waals surface area contributed by atoms with Crippen molar-refractivity contribution in [2.24, 2.45) is 0 Å². The van der Waals surface area contributed by atoms with Gasteiger partial charge in [-0.15, -0.1) is 0 Å². The second kappa shape index (κ2) is 10.8. The summed E-state index contributed by atoms with van der Waals surface area (Å²) in [6.45, 7) is 6.52. The Kier molecular flexibility index (Phi) is 12.8. The molecular formula is C13H30INO. The fraction of sp³-hybridized carbons (Fsp3) is 1.00. The topological polar surface area (TPSA) is 9.23 Å². The second-order valence-corrected chi connectivity index (χ2v) is 5.46. The normalized spacial score (nSPS) is 13.3. The lowest BCUT2D eigenvalue weighted by Crippen LogP contribution is -3.00. The van der Waals surface area contributed by atoms with Crippen LogP contribution in [0.15, 0.2) is 0 Å². The third kappa shape index (κ3) is 12.7. The zero-order chi connectivity index (χ0) is 11.7. The number of hydrogen-bond donors (Lipinski definition) is 0. The smallest absolute Gasteiger partial charge is 0.106 e. The molecule has 0 saturated heterocycles. The monoisotopic (exact) mass is 343 g/mol. The van der Waals surface area contributed by atoms with Crippen LogP contribution in [0, 0.1) is 0 Å². The van der Waals surface area contributed by atoms with Crippen LogP contribution in [-0.4, -0.2) is 44.9 Å². The molecule has 3 heteroatoms. The summed E-state index contributed by atoms with van der Waals surface area (Å²) in [5.41, 5.74) is 0. The highest BCUT2D eigenvalue weighted by Crippen LogP contribution is 2.09. The molecular weight excluding hydrogens is 313 g/mol. The third-order valence-corrected chi connectivity index (χ3v) is 2.48. The molecule has 100 valence electrons. The molecule has 0 aliphatic rings. The molecule has 0 aromatic carbocycles. The maximum Gasteiger partial charge on any atom is 0.106 e. The van der Waals surface area contributed by atoms with Gasteiger partial charge in [-0.3, -0.25) is 0 Å². The minimum absolute atomic E-state index is 0. The van der Waals surface area contributed by atoms with Gasteiger partial charge in [0, 0.05) is 6.61 Å². The summed E-state index contributed by atoms with van der Waals surface area (Å²) < 4.78 is 6.95. The molecule has 0 rings (SSSR count). The van der Waals surface area contributed by atoms with Gasteiger partial charge in [0.2, 0.25) is 0 Å². The van der Waals surface area contributed by atoms with Gasteiger partial charge in [0.1, 0.15) is 12.6 Å². The summed E-state index contributed by atoms with van der Waals surface area (Å²) in [5, 5.41) is 0. The van der Waals surface area contributed by atoms with Crippen molar-refractivity contribution in [1.29, 1.82) is 0 Å². The lowest BCUT2D eigenvalue weighted by atomic mass is 10.1. The Morgan fingerprint density at radius 3 is 2.00 bits per heavy atom. The Morgan fingerprint density at radius 2 is 1.56 bits per heavy atom. The Morgan fingerprint density at radius 1 is 1.00 bits per heavy atom. The molecule has 16 heavy (non-hydrogen) atoms. The van der Waals surface area contributed by atoms with Crippen LogP contribution in [0.25, 0.3) is 0 Å². The van der Waals surface area contributed by atoms with Crippen molar-refractivity contribution >= 4 is 0 Å². The highest BCUT2D eigenvalue weighted by atomic mass is 127. The molecule has 0 aromatic heterocycles. The number of unbranched alkanes of at least 4 members (excludes halogenated alkanes) is 2. The van der Waals surface area contributed by atoms with Gasteiger partial charge in [0.05, 0.1) is 21.1 Å². The molecule has 1 unspecified atom stereocenters. The highest BCUT2D eigenvalue weighted by Gasteiger charge is 2.17. The van der Waals surface area contributed by atoms with Crippen molar-refractivity contribution in [3.8, 4) is 0 Å². The minimum atomic E-state index is 0. The second-order valence-electron chi connectivity index (χ2n) is 5.46. The van der Waals surface area contributed by atoms with E-state index >= 15 is 0 Å². The van der Waals surface area contributed by atoms with Crippen molar-refractivity contribution in [3.05, 3.63) is 0 Å². The SMILES string of the molecule is CCCCOC(CCCC)C[N+](C)(C)C.[I-]. The number of nitrogens with zero attached hydrogens (tertiary/aromatic N) is 1. The summed E-state index contributed by atoms with van der Waals surface area (Å²) in [6.07, 6.45) is 6.65. The number of ether oxygens (including phenoxy) is 1. The van der Waals surface area contributed by atoms with Gasteiger partial charge >= 0.3 is 0 Å². The zero-order valence-electron chi connectivity index (χ0n) is 11.8. The predicted octanol–water partition coefficient (Wildman–Crippen LogP) is 0.0721. The van der Waals surface area contributed by atoms with Gasteiger partial charge in [0.25, 0.3) is 0 Å². The molecule has 0 aliphatic carbocycles. The van der Waals surface area contributed by atoms with Crippen LogP contribution < -0.4 is 24.0 Å². The Hall–Kier alpha value is 0.650. The first-order valence-electron chi connectivity index (χ1n) is 6.41. The molecule has 0 saturated carbocycles. The van der Waals surface area contributed by atoms with Gasteiger partial charge < -0.3 is 33.2 Å².